The molecule has 3 aliphatic rings. The summed E-state index contributed by atoms with van der Waals surface area (Å²) in [5.74, 6) is 0.677. The zero-order valence-corrected chi connectivity index (χ0v) is 14.4. The fourth-order valence-electron chi connectivity index (χ4n) is 4.07. The molecule has 124 valence electrons. The highest BCUT2D eigenvalue weighted by molar-refractivity contribution is 5.99. The van der Waals surface area contributed by atoms with Gasteiger partial charge >= 0.3 is 0 Å². The molecule has 0 saturated carbocycles. The van der Waals surface area contributed by atoms with E-state index in [1.165, 1.54) is 0 Å². The summed E-state index contributed by atoms with van der Waals surface area (Å²) in [5.41, 5.74) is 4.49. The Morgan fingerprint density at radius 1 is 1.43 bits per heavy atom. The Bertz CT molecular complexity index is 678. The summed E-state index contributed by atoms with van der Waals surface area (Å²) in [6.45, 7) is 7.10. The molecule has 0 amide bonds. The van der Waals surface area contributed by atoms with Crippen LogP contribution in [0.3, 0.4) is 0 Å². The van der Waals surface area contributed by atoms with E-state index in [4.69, 9.17) is 0 Å². The number of H-pyrrole nitrogens is 1. The van der Waals surface area contributed by atoms with Crippen LogP contribution >= 0.6 is 12.4 Å². The van der Waals surface area contributed by atoms with Crippen molar-refractivity contribution in [3.8, 4) is 0 Å². The van der Waals surface area contributed by atoms with Crippen LogP contribution in [0, 0.1) is 12.8 Å². The van der Waals surface area contributed by atoms with Crippen LogP contribution in [0.2, 0.25) is 0 Å². The Morgan fingerprint density at radius 3 is 3.00 bits per heavy atom. The Kier molecular flexibility index (Phi) is 4.34. The van der Waals surface area contributed by atoms with Gasteiger partial charge in [-0.25, -0.2) is 4.98 Å². The summed E-state index contributed by atoms with van der Waals surface area (Å²) >= 11 is 0. The molecule has 5 nitrogen and oxygen atoms in total. The van der Waals surface area contributed by atoms with Crippen LogP contribution < -0.4 is 0 Å². The number of aromatic amines is 1. The van der Waals surface area contributed by atoms with Crippen molar-refractivity contribution in [1.29, 1.82) is 0 Å². The van der Waals surface area contributed by atoms with Crippen LogP contribution in [0.4, 0.5) is 0 Å². The standard InChI is InChI=1S/C17H22N4O.ClH/c1-11-14-6-7-20(8-13-12(2)18-9-19-13)10-21(14)15-4-3-5-16(22)17(11)15;/h3-4,9,11,14H,5-8,10H2,1-2H3,(H,18,19);1H. The average Bonchev–Trinajstić information content (AvgIpc) is 3.03. The summed E-state index contributed by atoms with van der Waals surface area (Å²) in [6, 6.07) is 0.480. The molecule has 1 N–H and O–H groups in total. The molecule has 6 heteroatoms. The molecule has 0 radical (unpaired) electrons. The highest BCUT2D eigenvalue weighted by Gasteiger charge is 2.43. The van der Waals surface area contributed by atoms with Gasteiger partial charge in [0.25, 0.3) is 0 Å². The van der Waals surface area contributed by atoms with Gasteiger partial charge in [-0.1, -0.05) is 13.0 Å². The van der Waals surface area contributed by atoms with Gasteiger partial charge in [-0.15, -0.1) is 12.4 Å². The molecule has 1 aromatic heterocycles. The number of imidazole rings is 1. The fraction of sp³-hybridized carbons (Fsp3) is 0.529. The maximum Gasteiger partial charge on any atom is 0.165 e. The minimum Gasteiger partial charge on any atom is -0.355 e. The van der Waals surface area contributed by atoms with Crippen LogP contribution in [0.15, 0.2) is 29.7 Å². The highest BCUT2D eigenvalue weighted by Crippen LogP contribution is 2.41. The van der Waals surface area contributed by atoms with Gasteiger partial charge in [0.15, 0.2) is 5.78 Å². The van der Waals surface area contributed by atoms with Gasteiger partial charge in [-0.05, 0) is 19.4 Å². The fourth-order valence-corrected chi connectivity index (χ4v) is 4.07. The number of hydrogen-bond acceptors (Lipinski definition) is 4. The average molecular weight is 335 g/mol. The molecule has 23 heavy (non-hydrogen) atoms. The Labute approximate surface area is 142 Å². The van der Waals surface area contributed by atoms with E-state index in [0.717, 1.165) is 48.8 Å². The lowest BCUT2D eigenvalue weighted by molar-refractivity contribution is -0.115. The minimum atomic E-state index is 0. The van der Waals surface area contributed by atoms with E-state index in [9.17, 15) is 4.79 Å². The van der Waals surface area contributed by atoms with E-state index in [0.29, 0.717) is 24.2 Å². The van der Waals surface area contributed by atoms with E-state index < -0.39 is 0 Å². The molecule has 1 saturated heterocycles. The number of Topliss-reactive ketones (excluding diaryl/α,β-unsaturated/α-hetero) is 1. The number of rotatable bonds is 2. The Morgan fingerprint density at radius 2 is 2.26 bits per heavy atom. The number of allylic oxidation sites excluding steroid dienone is 2. The molecule has 1 aromatic rings. The minimum absolute atomic E-state index is 0. The Hall–Kier alpha value is -1.59. The van der Waals surface area contributed by atoms with Crippen molar-refractivity contribution in [2.75, 3.05) is 13.2 Å². The van der Waals surface area contributed by atoms with Gasteiger partial charge in [0.2, 0.25) is 0 Å². The lowest BCUT2D eigenvalue weighted by Gasteiger charge is -2.41. The van der Waals surface area contributed by atoms with Crippen molar-refractivity contribution in [2.45, 2.75) is 39.3 Å². The number of fused-ring (bicyclic) bond motifs is 2. The summed E-state index contributed by atoms with van der Waals surface area (Å²) in [5, 5.41) is 0. The molecule has 4 rings (SSSR count). The van der Waals surface area contributed by atoms with E-state index in [-0.39, 0.29) is 12.4 Å². The summed E-state index contributed by atoms with van der Waals surface area (Å²) in [4.78, 5) is 24.7. The van der Waals surface area contributed by atoms with Crippen molar-refractivity contribution in [3.63, 3.8) is 0 Å². The van der Waals surface area contributed by atoms with Gasteiger partial charge in [0, 0.05) is 48.4 Å². The predicted octanol–water partition coefficient (Wildman–Crippen LogP) is 2.41. The van der Waals surface area contributed by atoms with Crippen LogP contribution in [-0.2, 0) is 11.3 Å². The number of aryl methyl sites for hydroxylation is 1. The first-order valence-corrected chi connectivity index (χ1v) is 8.07. The maximum absolute atomic E-state index is 12.2. The monoisotopic (exact) mass is 334 g/mol. The lowest BCUT2D eigenvalue weighted by Crippen LogP contribution is -2.48. The van der Waals surface area contributed by atoms with Crippen molar-refractivity contribution in [2.24, 2.45) is 5.92 Å². The molecule has 2 atom stereocenters. The third-order valence-corrected chi connectivity index (χ3v) is 5.30. The number of carbonyl (C=O) groups is 1. The molecular weight excluding hydrogens is 312 g/mol. The highest BCUT2D eigenvalue weighted by atomic mass is 35.5. The first kappa shape index (κ1) is 16.3. The topological polar surface area (TPSA) is 52.2 Å². The number of nitrogens with one attached hydrogen (secondary N) is 1. The van der Waals surface area contributed by atoms with Gasteiger partial charge in [0.05, 0.1) is 18.7 Å². The summed E-state index contributed by atoms with van der Waals surface area (Å²) in [7, 11) is 0. The molecule has 0 aromatic carbocycles. The second-order valence-corrected chi connectivity index (χ2v) is 6.61. The maximum atomic E-state index is 12.2. The lowest BCUT2D eigenvalue weighted by atomic mass is 9.88. The molecule has 2 aliphatic heterocycles. The second kappa shape index (κ2) is 6.13. The summed E-state index contributed by atoms with van der Waals surface area (Å²) < 4.78 is 0. The number of halogens is 1. The van der Waals surface area contributed by atoms with Crippen molar-refractivity contribution < 1.29 is 4.79 Å². The van der Waals surface area contributed by atoms with Gasteiger partial charge in [-0.2, -0.15) is 0 Å². The molecule has 2 unspecified atom stereocenters. The van der Waals surface area contributed by atoms with Crippen molar-refractivity contribution in [1.82, 2.24) is 19.8 Å². The number of ketones is 1. The van der Waals surface area contributed by atoms with Crippen LogP contribution in [0.25, 0.3) is 0 Å². The number of hydrogen-bond donors (Lipinski definition) is 1. The molecule has 1 fully saturated rings. The third kappa shape index (κ3) is 2.62. The first-order chi connectivity index (χ1) is 10.6. The van der Waals surface area contributed by atoms with E-state index in [1.54, 1.807) is 6.33 Å². The zero-order chi connectivity index (χ0) is 15.3. The quantitative estimate of drug-likeness (QED) is 0.902. The van der Waals surface area contributed by atoms with Crippen molar-refractivity contribution >= 4 is 18.2 Å². The van der Waals surface area contributed by atoms with Gasteiger partial charge in [0.1, 0.15) is 0 Å². The summed E-state index contributed by atoms with van der Waals surface area (Å²) in [6.07, 6.45) is 7.60. The van der Waals surface area contributed by atoms with Gasteiger partial charge < -0.3 is 9.88 Å². The Balaban J connectivity index is 0.00000156. The predicted molar refractivity (Wildman–Crippen MR) is 91.0 cm³/mol. The molecule has 0 spiro atoms. The first-order valence-electron chi connectivity index (χ1n) is 8.07. The molecule has 3 heterocycles. The van der Waals surface area contributed by atoms with E-state index in [2.05, 4.69) is 39.7 Å². The number of aromatic nitrogens is 2. The normalized spacial score (nSPS) is 27.0. The van der Waals surface area contributed by atoms with E-state index in [1.807, 2.05) is 6.08 Å². The number of nitrogens with zero attached hydrogens (tertiary/aromatic N) is 3. The van der Waals surface area contributed by atoms with Gasteiger partial charge in [-0.3, -0.25) is 9.69 Å². The third-order valence-electron chi connectivity index (χ3n) is 5.30. The molecule has 1 aliphatic carbocycles. The largest absolute Gasteiger partial charge is 0.355 e. The van der Waals surface area contributed by atoms with Crippen LogP contribution in [0.5, 0.6) is 0 Å². The smallest absolute Gasteiger partial charge is 0.165 e. The SMILES string of the molecule is Cc1[nH]cnc1CN1CCC2C(C)C3=C(C=CCC3=O)N2C1.Cl. The van der Waals surface area contributed by atoms with Crippen LogP contribution in [-0.4, -0.2) is 44.8 Å². The number of carbonyl (C=O) groups excluding carboxylic acids is 1. The van der Waals surface area contributed by atoms with E-state index >= 15 is 0 Å². The van der Waals surface area contributed by atoms with Crippen LogP contribution in [0.1, 0.15) is 31.2 Å². The second-order valence-electron chi connectivity index (χ2n) is 6.61. The molecule has 0 bridgehead atoms. The molecular formula is C17H23ClN4O. The van der Waals surface area contributed by atoms with Crippen molar-refractivity contribution in [3.05, 3.63) is 41.1 Å². The zero-order valence-electron chi connectivity index (χ0n) is 13.6.